The highest BCUT2D eigenvalue weighted by Crippen LogP contribution is 2.43. The molecule has 5 heterocycles. The van der Waals surface area contributed by atoms with E-state index in [-0.39, 0.29) is 99.3 Å². The van der Waals surface area contributed by atoms with Crippen molar-refractivity contribution in [1.29, 1.82) is 0 Å². The molecule has 6 atom stereocenters. The second kappa shape index (κ2) is 43.6. The third-order valence-corrected chi connectivity index (χ3v) is 17.8. The molecule has 3 aromatic carbocycles. The molecule has 0 saturated carbocycles. The number of unbranched alkanes of at least 4 members (excludes halogenated alkanes) is 2. The Kier molecular flexibility index (Phi) is 34.1. The highest BCUT2D eigenvalue weighted by Gasteiger charge is 2.46. The number of hydrogen-bond donors (Lipinski definition) is 7. The molecule has 9 amide bonds. The van der Waals surface area contributed by atoms with E-state index in [1.807, 2.05) is 13.8 Å². The molecule has 3 aromatic rings. The zero-order valence-electron chi connectivity index (χ0n) is 62.4. The smallest absolute Gasteiger partial charge is 0.416 e. The van der Waals surface area contributed by atoms with Gasteiger partial charge in [0.05, 0.1) is 168 Å². The molecule has 0 radical (unpaired) electrons. The Morgan fingerprint density at radius 2 is 1.06 bits per heavy atom. The minimum atomic E-state index is -1.54. The summed E-state index contributed by atoms with van der Waals surface area (Å²) in [7, 11) is 2.92. The highest BCUT2D eigenvalue weighted by molar-refractivity contribution is 6.13. The number of nitrogens with zero attached hydrogens (tertiary/aromatic N) is 4. The van der Waals surface area contributed by atoms with Crippen LogP contribution in [0.5, 0.6) is 23.0 Å². The van der Waals surface area contributed by atoms with Gasteiger partial charge in [-0.15, -0.1) is 0 Å². The standard InChI is InChI=1S/C75H103N9O24/c1-48(2)68(80-65(86)18-23-98-25-27-100-29-31-102-33-35-104-37-38-105-36-34-103-32-30-101-28-26-99-24-19-76-64(85)17-20-81-66(87)15-16-67(81)88)71(91)77-51(5)69(89)78-53-13-11-52(12-14-53)47-108-75(95)84-57-44-63(61(97-7)42-55(57)73(93)83-46-50(4)40-59(83)74(84)94)107-22-10-8-9-21-106-62-43-56-54(41-60(62)96-6)72(92)82-45-49(3)39-58(82)70(90)79-56/h11-16,41-46,48,51,58-59,68,70,74,79,90,94H,8-10,17-40,47H2,1-7H3,(H,76,85)(H,77,91)(H,78,89)(H,80,86)/t51-,58-,59-,68-,70-,74-/m0/s1. The molecule has 7 N–H and O–H groups in total. The van der Waals surface area contributed by atoms with Gasteiger partial charge in [-0.2, -0.15) is 0 Å². The van der Waals surface area contributed by atoms with Gasteiger partial charge in [0, 0.05) is 68.3 Å². The lowest BCUT2D eigenvalue weighted by Gasteiger charge is -2.31. The predicted molar refractivity (Wildman–Crippen MR) is 390 cm³/mol. The molecule has 33 nitrogen and oxygen atoms in total. The van der Waals surface area contributed by atoms with Crippen LogP contribution in [0.15, 0.2) is 84.2 Å². The maximum Gasteiger partial charge on any atom is 0.416 e. The van der Waals surface area contributed by atoms with Crippen molar-refractivity contribution in [3.05, 3.63) is 101 Å². The molecule has 0 aromatic heterocycles. The molecule has 5 aliphatic rings. The second-order valence-electron chi connectivity index (χ2n) is 26.3. The lowest BCUT2D eigenvalue weighted by Crippen LogP contribution is -2.53. The Morgan fingerprint density at radius 1 is 0.556 bits per heavy atom. The van der Waals surface area contributed by atoms with Crippen molar-refractivity contribution >= 4 is 70.4 Å². The molecule has 0 spiro atoms. The zero-order valence-corrected chi connectivity index (χ0v) is 62.4. The average Bonchev–Trinajstić information content (AvgIpc) is 1.60. The first-order valence-electron chi connectivity index (χ1n) is 36.4. The molecule has 5 aliphatic heterocycles. The van der Waals surface area contributed by atoms with Crippen LogP contribution >= 0.6 is 0 Å². The van der Waals surface area contributed by atoms with Crippen LogP contribution in [0.3, 0.4) is 0 Å². The number of aliphatic hydroxyl groups is 2. The van der Waals surface area contributed by atoms with Crippen molar-refractivity contribution < 1.29 is 115 Å². The summed E-state index contributed by atoms with van der Waals surface area (Å²) >= 11 is 0. The summed E-state index contributed by atoms with van der Waals surface area (Å²) < 4.78 is 73.5. The van der Waals surface area contributed by atoms with Gasteiger partial charge in [0.1, 0.15) is 24.9 Å². The fourth-order valence-corrected chi connectivity index (χ4v) is 12.0. The van der Waals surface area contributed by atoms with Crippen molar-refractivity contribution in [2.45, 2.75) is 123 Å². The molecule has 108 heavy (non-hydrogen) atoms. The van der Waals surface area contributed by atoms with E-state index in [0.29, 0.717) is 159 Å². The average molecular weight is 1510 g/mol. The fraction of sp³-hybridized carbons (Fsp3) is 0.560. The number of carbonyl (C=O) groups is 9. The number of rotatable bonds is 48. The molecule has 0 saturated heterocycles. The number of benzene rings is 3. The van der Waals surface area contributed by atoms with E-state index in [0.717, 1.165) is 20.9 Å². The van der Waals surface area contributed by atoms with Crippen LogP contribution in [0.25, 0.3) is 0 Å². The van der Waals surface area contributed by atoms with Crippen LogP contribution in [-0.2, 0) is 78.0 Å². The number of carbonyl (C=O) groups excluding carboxylic acids is 9. The first kappa shape index (κ1) is 84.3. The highest BCUT2D eigenvalue weighted by atomic mass is 16.6. The van der Waals surface area contributed by atoms with E-state index < -0.39 is 78.2 Å². The molecular formula is C75H103N9O24. The number of fused-ring (bicyclic) bond motifs is 4. The van der Waals surface area contributed by atoms with Gasteiger partial charge in [0.2, 0.25) is 23.6 Å². The Hall–Kier alpha value is -9.29. The van der Waals surface area contributed by atoms with Gasteiger partial charge in [-0.3, -0.25) is 43.3 Å². The zero-order chi connectivity index (χ0) is 77.5. The van der Waals surface area contributed by atoms with Crippen molar-refractivity contribution in [2.24, 2.45) is 5.92 Å². The topological polar surface area (TPSA) is 387 Å². The van der Waals surface area contributed by atoms with Crippen molar-refractivity contribution in [3.63, 3.8) is 0 Å². The Bertz CT molecular complexity index is 3610. The number of amides is 9. The van der Waals surface area contributed by atoms with Crippen molar-refractivity contribution in [3.8, 4) is 23.0 Å². The van der Waals surface area contributed by atoms with E-state index >= 15 is 0 Å². The van der Waals surface area contributed by atoms with Crippen LogP contribution in [0, 0.1) is 5.92 Å². The molecular weight excluding hydrogens is 1410 g/mol. The molecule has 0 fully saturated rings. The van der Waals surface area contributed by atoms with Gasteiger partial charge in [0.25, 0.3) is 23.6 Å². The van der Waals surface area contributed by atoms with E-state index in [1.165, 1.54) is 50.3 Å². The van der Waals surface area contributed by atoms with Gasteiger partial charge >= 0.3 is 6.09 Å². The number of imide groups is 1. The number of anilines is 3. The summed E-state index contributed by atoms with van der Waals surface area (Å²) in [4.78, 5) is 122. The fourth-order valence-electron chi connectivity index (χ4n) is 12.0. The number of ether oxygens (including phenoxy) is 13. The number of nitrogens with one attached hydrogen (secondary N) is 5. The summed E-state index contributed by atoms with van der Waals surface area (Å²) in [6.07, 6.45) is 4.97. The summed E-state index contributed by atoms with van der Waals surface area (Å²) in [6.45, 7) is 14.8. The quantitative estimate of drug-likeness (QED) is 0.0305. The number of hydrogen-bond acceptors (Lipinski definition) is 25. The second-order valence-corrected chi connectivity index (χ2v) is 26.3. The van der Waals surface area contributed by atoms with Gasteiger partial charge < -0.3 is 108 Å². The Morgan fingerprint density at radius 3 is 1.60 bits per heavy atom. The predicted octanol–water partition coefficient (Wildman–Crippen LogP) is 4.33. The number of aliphatic hydroxyl groups excluding tert-OH is 2. The Labute approximate surface area is 628 Å². The maximum atomic E-state index is 14.3. The van der Waals surface area contributed by atoms with Gasteiger partial charge in [-0.05, 0) is 88.6 Å². The summed E-state index contributed by atoms with van der Waals surface area (Å²) in [5, 5.41) is 36.8. The molecule has 8 rings (SSSR count). The molecule has 0 bridgehead atoms. The van der Waals surface area contributed by atoms with Crippen LogP contribution in [0.1, 0.15) is 106 Å². The monoisotopic (exact) mass is 1510 g/mol. The lowest BCUT2D eigenvalue weighted by atomic mass is 10.0. The lowest BCUT2D eigenvalue weighted by molar-refractivity contribution is -0.137. The minimum absolute atomic E-state index is 0.0177. The number of methoxy groups -OCH3 is 2. The van der Waals surface area contributed by atoms with Gasteiger partial charge in [-0.1, -0.05) is 37.1 Å². The normalized spacial score (nSPS) is 17.7. The van der Waals surface area contributed by atoms with Crippen LogP contribution in [-0.4, -0.2) is 261 Å². The molecule has 0 aliphatic carbocycles. The molecule has 33 heteroatoms. The van der Waals surface area contributed by atoms with Crippen molar-refractivity contribution in [1.82, 2.24) is 30.7 Å². The van der Waals surface area contributed by atoms with E-state index in [9.17, 15) is 53.4 Å². The minimum Gasteiger partial charge on any atom is -0.493 e. The first-order valence-corrected chi connectivity index (χ1v) is 36.4. The molecule has 592 valence electrons. The largest absolute Gasteiger partial charge is 0.493 e. The third-order valence-electron chi connectivity index (χ3n) is 17.8. The summed E-state index contributed by atoms with van der Waals surface area (Å²) in [5.74, 6) is -2.44. The summed E-state index contributed by atoms with van der Waals surface area (Å²) in [6, 6.07) is 9.46. The summed E-state index contributed by atoms with van der Waals surface area (Å²) in [5.41, 5.74) is 3.61. The van der Waals surface area contributed by atoms with Gasteiger partial charge in [-0.25, -0.2) is 9.69 Å². The van der Waals surface area contributed by atoms with E-state index in [1.54, 1.807) is 67.5 Å². The van der Waals surface area contributed by atoms with Crippen LogP contribution < -0.4 is 50.4 Å². The Balaban J connectivity index is 0.652. The first-order chi connectivity index (χ1) is 52.1. The third kappa shape index (κ3) is 25.1. The van der Waals surface area contributed by atoms with Crippen molar-refractivity contribution in [2.75, 3.05) is 162 Å². The SMILES string of the molecule is COc1cc2c(cc1OCCCCCOc1cc3c(cc1OC)C(=O)N1C=C(C)C[C@H]1[C@H](O)N3C(=O)OCc1ccc(NC(=O)[C@H](C)NC(=O)[C@@H](NC(=O)CCOCCOCCOCCOCCOCCOCCOCCOCCNC(=O)CCN3C(=O)C=CC3=O)C(C)C)cc1)N[C@@H](O)[C@@H]1CC(C)=CN1C2=O. The van der Waals surface area contributed by atoms with Crippen LogP contribution in [0.4, 0.5) is 21.9 Å². The molecule has 0 unspecified atom stereocenters. The van der Waals surface area contributed by atoms with E-state index in [2.05, 4.69) is 26.6 Å². The van der Waals surface area contributed by atoms with Gasteiger partial charge in [0.15, 0.2) is 29.2 Å². The van der Waals surface area contributed by atoms with E-state index in [4.69, 9.17) is 61.6 Å². The maximum absolute atomic E-state index is 14.3. The van der Waals surface area contributed by atoms with Crippen LogP contribution in [0.2, 0.25) is 0 Å².